The molecule has 0 atom stereocenters. The Morgan fingerprint density at radius 1 is 1.23 bits per heavy atom. The molecule has 1 spiro atoms. The standard InChI is InChI=1S/C19H20N2O/c1-2-15-17(22)12-14-13-20-9-4-16(14)18(15)21-10-7-19(8-11-21)5-3-6-19/h1,4,9,13H,3,5-8,10-12H2. The number of allylic oxidation sites excluding steroid dienone is 1. The number of Topliss-reactive ketones (excluding diaryl/α,β-unsaturated/α-hetero) is 1. The molecule has 3 heteroatoms. The third kappa shape index (κ3) is 1.98. The molecule has 2 heterocycles. The van der Waals surface area contributed by atoms with Gasteiger partial charge < -0.3 is 4.90 Å². The number of fused-ring (bicyclic) bond motifs is 1. The summed E-state index contributed by atoms with van der Waals surface area (Å²) in [5.41, 5.74) is 4.23. The van der Waals surface area contributed by atoms with Crippen molar-refractivity contribution in [2.24, 2.45) is 5.41 Å². The zero-order valence-electron chi connectivity index (χ0n) is 12.8. The van der Waals surface area contributed by atoms with Crippen molar-refractivity contribution >= 4 is 11.5 Å². The molecule has 22 heavy (non-hydrogen) atoms. The summed E-state index contributed by atoms with van der Waals surface area (Å²) in [6.07, 6.45) is 16.2. The Morgan fingerprint density at radius 2 is 2.00 bits per heavy atom. The van der Waals surface area contributed by atoms with Crippen LogP contribution in [0.15, 0.2) is 24.0 Å². The summed E-state index contributed by atoms with van der Waals surface area (Å²) in [5.74, 6) is 2.72. The van der Waals surface area contributed by atoms with E-state index in [9.17, 15) is 4.79 Å². The zero-order valence-corrected chi connectivity index (χ0v) is 12.8. The van der Waals surface area contributed by atoms with Crippen molar-refractivity contribution in [3.05, 3.63) is 35.2 Å². The number of aromatic nitrogens is 1. The fraction of sp³-hybridized carbons (Fsp3) is 0.474. The fourth-order valence-electron chi connectivity index (χ4n) is 4.19. The highest BCUT2D eigenvalue weighted by Gasteiger charge is 2.41. The Balaban J connectivity index is 1.71. The van der Waals surface area contributed by atoms with E-state index in [0.717, 1.165) is 29.9 Å². The first kappa shape index (κ1) is 13.6. The van der Waals surface area contributed by atoms with Crippen LogP contribution in [0, 0.1) is 17.8 Å². The van der Waals surface area contributed by atoms with E-state index in [0.29, 0.717) is 17.4 Å². The van der Waals surface area contributed by atoms with Crippen molar-refractivity contribution in [3.63, 3.8) is 0 Å². The Kier molecular flexibility index (Phi) is 3.07. The van der Waals surface area contributed by atoms with E-state index < -0.39 is 0 Å². The lowest BCUT2D eigenvalue weighted by Crippen LogP contribution is -2.43. The second kappa shape index (κ2) is 4.98. The number of nitrogens with zero attached hydrogens (tertiary/aromatic N) is 2. The average molecular weight is 292 g/mol. The molecule has 3 aliphatic rings. The number of pyridine rings is 1. The predicted octanol–water partition coefficient (Wildman–Crippen LogP) is 2.82. The maximum Gasteiger partial charge on any atom is 0.177 e. The normalized spacial score (nSPS) is 23.0. The minimum absolute atomic E-state index is 0.0573. The van der Waals surface area contributed by atoms with Gasteiger partial charge in [-0.05, 0) is 42.7 Å². The van der Waals surface area contributed by atoms with Crippen LogP contribution < -0.4 is 0 Å². The van der Waals surface area contributed by atoms with Crippen molar-refractivity contribution in [2.75, 3.05) is 13.1 Å². The van der Waals surface area contributed by atoms with E-state index in [-0.39, 0.29) is 5.78 Å². The predicted molar refractivity (Wildman–Crippen MR) is 85.8 cm³/mol. The maximum absolute atomic E-state index is 12.4. The molecule has 4 rings (SSSR count). The van der Waals surface area contributed by atoms with Gasteiger partial charge in [-0.15, -0.1) is 6.42 Å². The third-order valence-corrected chi connectivity index (χ3v) is 5.72. The zero-order chi connectivity index (χ0) is 15.2. The van der Waals surface area contributed by atoms with E-state index in [2.05, 4.69) is 15.8 Å². The lowest BCUT2D eigenvalue weighted by molar-refractivity contribution is -0.114. The topological polar surface area (TPSA) is 33.2 Å². The van der Waals surface area contributed by atoms with Crippen molar-refractivity contribution in [1.82, 2.24) is 9.88 Å². The van der Waals surface area contributed by atoms with Gasteiger partial charge in [-0.3, -0.25) is 9.78 Å². The number of hydrogen-bond donors (Lipinski definition) is 0. The lowest BCUT2D eigenvalue weighted by Gasteiger charge is -2.49. The van der Waals surface area contributed by atoms with E-state index in [1.54, 1.807) is 12.4 Å². The smallest absolute Gasteiger partial charge is 0.177 e. The molecule has 0 bridgehead atoms. The van der Waals surface area contributed by atoms with Gasteiger partial charge in [0.1, 0.15) is 0 Å². The van der Waals surface area contributed by atoms with Crippen molar-refractivity contribution in [1.29, 1.82) is 0 Å². The Morgan fingerprint density at radius 3 is 2.64 bits per heavy atom. The molecular formula is C19H20N2O. The fourth-order valence-corrected chi connectivity index (χ4v) is 4.19. The van der Waals surface area contributed by atoms with E-state index >= 15 is 0 Å². The second-order valence-corrected chi connectivity index (χ2v) is 6.84. The van der Waals surface area contributed by atoms with Crippen molar-refractivity contribution < 1.29 is 4.79 Å². The van der Waals surface area contributed by atoms with Crippen LogP contribution in [0.3, 0.4) is 0 Å². The second-order valence-electron chi connectivity index (χ2n) is 6.84. The van der Waals surface area contributed by atoms with Crippen molar-refractivity contribution in [3.8, 4) is 12.3 Å². The summed E-state index contributed by atoms with van der Waals surface area (Å²) < 4.78 is 0. The maximum atomic E-state index is 12.4. The molecule has 0 N–H and O–H groups in total. The SMILES string of the molecule is C#CC1=C(N2CCC3(CCC3)CC2)c2ccncc2CC1=O. The van der Waals surface area contributed by atoms with Crippen LogP contribution in [0.2, 0.25) is 0 Å². The van der Waals surface area contributed by atoms with Crippen LogP contribution in [0.4, 0.5) is 0 Å². The van der Waals surface area contributed by atoms with Gasteiger partial charge in [-0.25, -0.2) is 0 Å². The number of likely N-dealkylation sites (tertiary alicyclic amines) is 1. The minimum atomic E-state index is 0.0573. The summed E-state index contributed by atoms with van der Waals surface area (Å²) in [6.45, 7) is 2.02. The van der Waals surface area contributed by atoms with Crippen LogP contribution in [0.5, 0.6) is 0 Å². The molecule has 0 amide bonds. The summed E-state index contributed by atoms with van der Waals surface area (Å²) in [4.78, 5) is 18.9. The highest BCUT2D eigenvalue weighted by Crippen LogP contribution is 2.50. The third-order valence-electron chi connectivity index (χ3n) is 5.72. The first-order valence-corrected chi connectivity index (χ1v) is 8.15. The van der Waals surface area contributed by atoms with E-state index in [1.807, 2.05) is 6.07 Å². The van der Waals surface area contributed by atoms with Gasteiger partial charge in [-0.1, -0.05) is 12.3 Å². The Labute approximate surface area is 131 Å². The van der Waals surface area contributed by atoms with Crippen LogP contribution in [-0.4, -0.2) is 28.8 Å². The van der Waals surface area contributed by atoms with Crippen LogP contribution >= 0.6 is 0 Å². The largest absolute Gasteiger partial charge is 0.370 e. The molecule has 2 fully saturated rings. The molecule has 1 saturated heterocycles. The lowest BCUT2D eigenvalue weighted by atomic mass is 9.63. The number of ketones is 1. The molecule has 0 radical (unpaired) electrons. The molecule has 0 aromatic carbocycles. The number of carbonyl (C=O) groups excluding carboxylic acids is 1. The number of carbonyl (C=O) groups is 1. The molecule has 112 valence electrons. The minimum Gasteiger partial charge on any atom is -0.370 e. The number of terminal acetylenes is 1. The summed E-state index contributed by atoms with van der Waals surface area (Å²) in [6, 6.07) is 2.00. The van der Waals surface area contributed by atoms with Crippen molar-refractivity contribution in [2.45, 2.75) is 38.5 Å². The molecule has 2 aliphatic carbocycles. The molecule has 1 saturated carbocycles. The van der Waals surface area contributed by atoms with Gasteiger partial charge in [0, 0.05) is 37.5 Å². The quantitative estimate of drug-likeness (QED) is 0.746. The van der Waals surface area contributed by atoms with Gasteiger partial charge >= 0.3 is 0 Å². The van der Waals surface area contributed by atoms with Gasteiger partial charge in [-0.2, -0.15) is 0 Å². The number of piperidine rings is 1. The Bertz CT molecular complexity index is 696. The van der Waals surface area contributed by atoms with Crippen LogP contribution in [-0.2, 0) is 11.2 Å². The number of rotatable bonds is 1. The van der Waals surface area contributed by atoms with Gasteiger partial charge in [0.15, 0.2) is 5.78 Å². The molecule has 0 unspecified atom stereocenters. The Hall–Kier alpha value is -2.08. The number of hydrogen-bond acceptors (Lipinski definition) is 3. The molecule has 1 aliphatic heterocycles. The highest BCUT2D eigenvalue weighted by atomic mass is 16.1. The van der Waals surface area contributed by atoms with Gasteiger partial charge in [0.2, 0.25) is 0 Å². The van der Waals surface area contributed by atoms with Crippen LogP contribution in [0.25, 0.3) is 5.70 Å². The summed E-state index contributed by atoms with van der Waals surface area (Å²) in [5, 5.41) is 0. The van der Waals surface area contributed by atoms with E-state index in [1.165, 1.54) is 32.1 Å². The molecule has 1 aromatic heterocycles. The molecule has 1 aromatic rings. The van der Waals surface area contributed by atoms with Crippen LogP contribution in [0.1, 0.15) is 43.2 Å². The highest BCUT2D eigenvalue weighted by molar-refractivity contribution is 6.10. The van der Waals surface area contributed by atoms with Gasteiger partial charge in [0.25, 0.3) is 0 Å². The van der Waals surface area contributed by atoms with E-state index in [4.69, 9.17) is 6.42 Å². The average Bonchev–Trinajstić information content (AvgIpc) is 2.52. The molecular weight excluding hydrogens is 272 g/mol. The monoisotopic (exact) mass is 292 g/mol. The molecule has 3 nitrogen and oxygen atoms in total. The summed E-state index contributed by atoms with van der Waals surface area (Å²) in [7, 11) is 0. The first-order valence-electron chi connectivity index (χ1n) is 8.15. The van der Waals surface area contributed by atoms with Gasteiger partial charge in [0.05, 0.1) is 11.3 Å². The first-order chi connectivity index (χ1) is 10.7. The summed E-state index contributed by atoms with van der Waals surface area (Å²) >= 11 is 0.